The van der Waals surface area contributed by atoms with Crippen molar-refractivity contribution >= 4 is 21.6 Å². The van der Waals surface area contributed by atoms with Gasteiger partial charge in [-0.15, -0.1) is 0 Å². The summed E-state index contributed by atoms with van der Waals surface area (Å²) in [5.41, 5.74) is 4.14. The Hall–Kier alpha value is -0.830. The minimum atomic E-state index is 0.322. The van der Waals surface area contributed by atoms with Gasteiger partial charge in [0.1, 0.15) is 10.3 Å². The largest absolute Gasteiger partial charge is 0.294 e. The Morgan fingerprint density at radius 2 is 1.83 bits per heavy atom. The fourth-order valence-electron chi connectivity index (χ4n) is 3.20. The van der Waals surface area contributed by atoms with Crippen LogP contribution in [0.2, 0.25) is 0 Å². The minimum absolute atomic E-state index is 0.322. The van der Waals surface area contributed by atoms with Gasteiger partial charge in [-0.2, -0.15) is 0 Å². The Morgan fingerprint density at radius 1 is 1.22 bits per heavy atom. The first-order valence-electron chi connectivity index (χ1n) is 6.41. The lowest BCUT2D eigenvalue weighted by atomic mass is 10.0. The summed E-state index contributed by atoms with van der Waals surface area (Å²) in [6.45, 7) is 11.4. The molecular weight excluding hydrogens is 288 g/mol. The van der Waals surface area contributed by atoms with E-state index in [0.717, 1.165) is 10.3 Å². The van der Waals surface area contributed by atoms with Crippen LogP contribution >= 0.6 is 15.9 Å². The quantitative estimate of drug-likeness (QED) is 0.755. The molecule has 2 aromatic rings. The first kappa shape index (κ1) is 12.2. The lowest BCUT2D eigenvalue weighted by Crippen LogP contribution is -1.95. The van der Waals surface area contributed by atoms with Crippen molar-refractivity contribution in [2.45, 2.75) is 40.5 Å². The van der Waals surface area contributed by atoms with E-state index in [0.29, 0.717) is 16.7 Å². The van der Waals surface area contributed by atoms with Crippen molar-refractivity contribution in [2.75, 3.05) is 0 Å². The van der Waals surface area contributed by atoms with Gasteiger partial charge >= 0.3 is 0 Å². The Bertz CT molecular complexity index is 623. The molecule has 3 heteroatoms. The van der Waals surface area contributed by atoms with Crippen molar-refractivity contribution < 1.29 is 0 Å². The van der Waals surface area contributed by atoms with E-state index in [-0.39, 0.29) is 0 Å². The maximum atomic E-state index is 4.84. The number of fused-ring (bicyclic) bond motifs is 1. The number of rotatable bonds is 1. The first-order chi connectivity index (χ1) is 8.26. The van der Waals surface area contributed by atoms with Gasteiger partial charge in [0.25, 0.3) is 0 Å². The summed E-state index contributed by atoms with van der Waals surface area (Å²) >= 11 is 3.72. The average Bonchev–Trinajstić information content (AvgIpc) is 2.51. The van der Waals surface area contributed by atoms with Crippen LogP contribution in [0.3, 0.4) is 0 Å². The zero-order valence-corrected chi connectivity index (χ0v) is 13.2. The summed E-state index contributed by atoms with van der Waals surface area (Å²) in [4.78, 5) is 4.84. The van der Waals surface area contributed by atoms with E-state index < -0.39 is 0 Å². The molecule has 18 heavy (non-hydrogen) atoms. The van der Waals surface area contributed by atoms with Crippen molar-refractivity contribution in [2.24, 2.45) is 10.8 Å². The molecule has 1 saturated carbocycles. The van der Waals surface area contributed by atoms with Crippen LogP contribution in [-0.2, 0) is 0 Å². The zero-order chi connectivity index (χ0) is 13.3. The van der Waals surface area contributed by atoms with Gasteiger partial charge in [0.05, 0.1) is 5.69 Å². The van der Waals surface area contributed by atoms with Gasteiger partial charge in [-0.1, -0.05) is 27.7 Å². The molecule has 2 nitrogen and oxygen atoms in total. The molecule has 96 valence electrons. The highest BCUT2D eigenvalue weighted by atomic mass is 79.9. The molecule has 0 atom stereocenters. The second-order valence-electron chi connectivity index (χ2n) is 6.60. The molecule has 2 aromatic heterocycles. The van der Waals surface area contributed by atoms with Crippen LogP contribution in [0.4, 0.5) is 0 Å². The fourth-order valence-corrected chi connectivity index (χ4v) is 3.82. The average molecular weight is 307 g/mol. The van der Waals surface area contributed by atoms with Gasteiger partial charge in [0.15, 0.2) is 0 Å². The van der Waals surface area contributed by atoms with Crippen molar-refractivity contribution in [3.8, 4) is 0 Å². The van der Waals surface area contributed by atoms with E-state index in [4.69, 9.17) is 4.98 Å². The Labute approximate surface area is 117 Å². The molecule has 1 aliphatic carbocycles. The molecule has 0 N–H and O–H groups in total. The number of imidazole rings is 1. The Morgan fingerprint density at radius 3 is 2.39 bits per heavy atom. The smallest absolute Gasteiger partial charge is 0.138 e. The highest BCUT2D eigenvalue weighted by Gasteiger charge is 2.66. The maximum absolute atomic E-state index is 4.84. The minimum Gasteiger partial charge on any atom is -0.294 e. The van der Waals surface area contributed by atoms with Gasteiger partial charge in [-0.25, -0.2) is 4.98 Å². The van der Waals surface area contributed by atoms with Crippen LogP contribution in [0.15, 0.2) is 22.9 Å². The highest BCUT2D eigenvalue weighted by molar-refractivity contribution is 9.10. The van der Waals surface area contributed by atoms with Crippen molar-refractivity contribution in [3.05, 3.63) is 34.2 Å². The molecule has 0 unspecified atom stereocenters. The fraction of sp³-hybridized carbons (Fsp3) is 0.533. The van der Waals surface area contributed by atoms with Gasteiger partial charge in [0, 0.05) is 12.1 Å². The van der Waals surface area contributed by atoms with Crippen LogP contribution < -0.4 is 0 Å². The molecule has 0 amide bonds. The van der Waals surface area contributed by atoms with Crippen LogP contribution in [0, 0.1) is 17.8 Å². The summed E-state index contributed by atoms with van der Waals surface area (Å²) in [7, 11) is 0. The van der Waals surface area contributed by atoms with Gasteiger partial charge in [0.2, 0.25) is 0 Å². The molecule has 1 fully saturated rings. The molecule has 1 aliphatic rings. The van der Waals surface area contributed by atoms with Crippen molar-refractivity contribution in [3.63, 3.8) is 0 Å². The second-order valence-corrected chi connectivity index (χ2v) is 7.35. The number of aromatic nitrogens is 2. The Balaban J connectivity index is 2.18. The molecule has 0 spiro atoms. The molecule has 3 rings (SSSR count). The standard InChI is InChI=1S/C15H19BrN2/c1-9-6-7-18-10(8-9)17-11(13(18)16)12-14(2,3)15(12,4)5/h6-8,12H,1-5H3. The van der Waals surface area contributed by atoms with Gasteiger partial charge < -0.3 is 0 Å². The number of pyridine rings is 1. The van der Waals surface area contributed by atoms with Crippen LogP contribution in [0.1, 0.15) is 44.9 Å². The summed E-state index contributed by atoms with van der Waals surface area (Å²) < 4.78 is 3.24. The molecular formula is C15H19BrN2. The first-order valence-corrected chi connectivity index (χ1v) is 7.20. The number of hydrogen-bond donors (Lipinski definition) is 0. The third kappa shape index (κ3) is 1.37. The van der Waals surface area contributed by atoms with Crippen LogP contribution in [0.5, 0.6) is 0 Å². The number of nitrogens with zero attached hydrogens (tertiary/aromatic N) is 2. The summed E-state index contributed by atoms with van der Waals surface area (Å²) in [6, 6.07) is 4.25. The molecule has 2 heterocycles. The molecule has 0 aliphatic heterocycles. The van der Waals surface area contributed by atoms with E-state index >= 15 is 0 Å². The van der Waals surface area contributed by atoms with Gasteiger partial charge in [-0.05, 0) is 51.4 Å². The number of halogens is 1. The molecule has 0 radical (unpaired) electrons. The third-order valence-electron chi connectivity index (χ3n) is 5.04. The maximum Gasteiger partial charge on any atom is 0.138 e. The lowest BCUT2D eigenvalue weighted by Gasteiger charge is -2.03. The number of hydrogen-bond acceptors (Lipinski definition) is 1. The monoisotopic (exact) mass is 306 g/mol. The normalized spacial score (nSPS) is 21.4. The molecule has 0 aromatic carbocycles. The third-order valence-corrected chi connectivity index (χ3v) is 5.83. The second kappa shape index (κ2) is 3.38. The summed E-state index contributed by atoms with van der Waals surface area (Å²) in [5.74, 6) is 0.527. The van der Waals surface area contributed by atoms with E-state index in [1.807, 2.05) is 0 Å². The van der Waals surface area contributed by atoms with E-state index in [2.05, 4.69) is 73.3 Å². The van der Waals surface area contributed by atoms with Crippen molar-refractivity contribution in [1.82, 2.24) is 9.38 Å². The SMILES string of the molecule is Cc1ccn2c(Br)c(C3C(C)(C)C3(C)C)nc2c1. The molecule has 0 saturated heterocycles. The predicted octanol–water partition coefficient (Wildman–Crippen LogP) is 4.55. The van der Waals surface area contributed by atoms with E-state index in [9.17, 15) is 0 Å². The lowest BCUT2D eigenvalue weighted by molar-refractivity contribution is 0.457. The summed E-state index contributed by atoms with van der Waals surface area (Å²) in [6.07, 6.45) is 2.09. The van der Waals surface area contributed by atoms with E-state index in [1.54, 1.807) is 0 Å². The Kier molecular flexibility index (Phi) is 2.30. The summed E-state index contributed by atoms with van der Waals surface area (Å²) in [5, 5.41) is 0. The predicted molar refractivity (Wildman–Crippen MR) is 77.9 cm³/mol. The van der Waals surface area contributed by atoms with Crippen LogP contribution in [0.25, 0.3) is 5.65 Å². The van der Waals surface area contributed by atoms with Gasteiger partial charge in [-0.3, -0.25) is 4.40 Å². The number of aryl methyl sites for hydroxylation is 1. The highest BCUT2D eigenvalue weighted by Crippen LogP contribution is 2.73. The zero-order valence-electron chi connectivity index (χ0n) is 11.6. The van der Waals surface area contributed by atoms with Crippen LogP contribution in [-0.4, -0.2) is 9.38 Å². The topological polar surface area (TPSA) is 17.3 Å². The molecule has 0 bridgehead atoms. The van der Waals surface area contributed by atoms with Crippen molar-refractivity contribution in [1.29, 1.82) is 0 Å². The van der Waals surface area contributed by atoms with E-state index in [1.165, 1.54) is 11.3 Å².